The molecule has 1 aromatic rings. The third-order valence-corrected chi connectivity index (χ3v) is 5.53. The maximum atomic E-state index is 12.1. The number of imidazole rings is 1. The predicted octanol–water partition coefficient (Wildman–Crippen LogP) is 2.93. The zero-order valence-electron chi connectivity index (χ0n) is 14.9. The van der Waals surface area contributed by atoms with Crippen LogP contribution in [0.1, 0.15) is 45.0 Å². The second kappa shape index (κ2) is 8.20. The summed E-state index contributed by atoms with van der Waals surface area (Å²) >= 11 is 1.51. The van der Waals surface area contributed by atoms with Gasteiger partial charge >= 0.3 is 0 Å². The van der Waals surface area contributed by atoms with Gasteiger partial charge < -0.3 is 14.6 Å². The molecule has 1 amide bonds. The monoisotopic (exact) mass is 339 g/mol. The van der Waals surface area contributed by atoms with Gasteiger partial charge in [-0.3, -0.25) is 4.79 Å². The summed E-state index contributed by atoms with van der Waals surface area (Å²) in [6.07, 6.45) is 2.51. The van der Waals surface area contributed by atoms with E-state index in [-0.39, 0.29) is 18.1 Å². The molecule has 23 heavy (non-hydrogen) atoms. The van der Waals surface area contributed by atoms with E-state index >= 15 is 0 Å². The normalized spacial score (nSPS) is 19.3. The Kier molecular flexibility index (Phi) is 6.53. The van der Waals surface area contributed by atoms with Crippen molar-refractivity contribution >= 4 is 17.7 Å². The fourth-order valence-electron chi connectivity index (χ4n) is 2.53. The lowest BCUT2D eigenvalue weighted by molar-refractivity contribution is -0.119. The molecule has 2 heterocycles. The average molecular weight is 340 g/mol. The zero-order chi connectivity index (χ0) is 17.0. The van der Waals surface area contributed by atoms with Gasteiger partial charge in [0.15, 0.2) is 5.16 Å². The van der Waals surface area contributed by atoms with Crippen LogP contribution in [-0.2, 0) is 16.1 Å². The second-order valence-electron chi connectivity index (χ2n) is 6.70. The van der Waals surface area contributed by atoms with Crippen LogP contribution in [-0.4, -0.2) is 40.0 Å². The van der Waals surface area contributed by atoms with Crippen LogP contribution in [0.3, 0.4) is 0 Å². The van der Waals surface area contributed by atoms with Crippen molar-refractivity contribution < 1.29 is 9.53 Å². The molecule has 1 aromatic heterocycles. The molecule has 0 aromatic carbocycles. The van der Waals surface area contributed by atoms with Crippen molar-refractivity contribution in [1.82, 2.24) is 14.9 Å². The van der Waals surface area contributed by atoms with Crippen LogP contribution in [0.25, 0.3) is 0 Å². The van der Waals surface area contributed by atoms with Gasteiger partial charge in [-0.15, -0.1) is 0 Å². The number of nitrogens with one attached hydrogen (secondary N) is 1. The zero-order valence-corrected chi connectivity index (χ0v) is 15.7. The lowest BCUT2D eigenvalue weighted by Gasteiger charge is -2.17. The molecule has 1 saturated heterocycles. The standard InChI is InChI=1S/C17H29N3O2S/c1-11(2)12(3)18-16(21)10-23-17-19-13(4)14(5)20(17)9-15-7-6-8-22-15/h11-12,15H,6-10H2,1-5H3,(H,18,21). The minimum atomic E-state index is 0.0678. The largest absolute Gasteiger partial charge is 0.376 e. The second-order valence-corrected chi connectivity index (χ2v) is 7.64. The number of carbonyl (C=O) groups excluding carboxylic acids is 1. The Bertz CT molecular complexity index is 536. The molecule has 2 unspecified atom stereocenters. The van der Waals surface area contributed by atoms with E-state index in [0.29, 0.717) is 11.7 Å². The molecular weight excluding hydrogens is 310 g/mol. The number of ether oxygens (including phenoxy) is 1. The average Bonchev–Trinajstić information content (AvgIpc) is 3.09. The highest BCUT2D eigenvalue weighted by molar-refractivity contribution is 7.99. The van der Waals surface area contributed by atoms with E-state index in [1.807, 2.05) is 13.8 Å². The number of rotatable bonds is 7. The van der Waals surface area contributed by atoms with Gasteiger partial charge in [0.25, 0.3) is 0 Å². The molecule has 0 radical (unpaired) electrons. The molecule has 0 saturated carbocycles. The summed E-state index contributed by atoms with van der Waals surface area (Å²) < 4.78 is 7.95. The first kappa shape index (κ1) is 18.3. The van der Waals surface area contributed by atoms with E-state index in [0.717, 1.165) is 36.8 Å². The first-order valence-corrected chi connectivity index (χ1v) is 9.44. The van der Waals surface area contributed by atoms with Crippen LogP contribution in [0.15, 0.2) is 5.16 Å². The Morgan fingerprint density at radius 3 is 2.78 bits per heavy atom. The predicted molar refractivity (Wildman–Crippen MR) is 93.8 cm³/mol. The SMILES string of the molecule is Cc1nc(SCC(=O)NC(C)C(C)C)n(CC2CCCO2)c1C. The molecule has 5 nitrogen and oxygen atoms in total. The van der Waals surface area contributed by atoms with E-state index in [1.54, 1.807) is 0 Å². The van der Waals surface area contributed by atoms with Crippen molar-refractivity contribution in [3.05, 3.63) is 11.4 Å². The quantitative estimate of drug-likeness (QED) is 0.776. The van der Waals surface area contributed by atoms with E-state index in [9.17, 15) is 4.79 Å². The number of hydrogen-bond acceptors (Lipinski definition) is 4. The molecule has 1 aliphatic rings. The highest BCUT2D eigenvalue weighted by Crippen LogP contribution is 2.24. The Labute approximate surface area is 143 Å². The first-order valence-electron chi connectivity index (χ1n) is 8.46. The summed E-state index contributed by atoms with van der Waals surface area (Å²) in [5, 5.41) is 3.96. The Morgan fingerprint density at radius 2 is 2.17 bits per heavy atom. The van der Waals surface area contributed by atoms with Gasteiger partial charge in [0.2, 0.25) is 5.91 Å². The van der Waals surface area contributed by atoms with Gasteiger partial charge in [-0.25, -0.2) is 4.98 Å². The van der Waals surface area contributed by atoms with Crippen molar-refractivity contribution in [2.24, 2.45) is 5.92 Å². The third kappa shape index (κ3) is 4.98. The van der Waals surface area contributed by atoms with E-state index in [4.69, 9.17) is 4.74 Å². The van der Waals surface area contributed by atoms with Crippen molar-refractivity contribution in [2.75, 3.05) is 12.4 Å². The molecule has 2 rings (SSSR count). The van der Waals surface area contributed by atoms with Crippen LogP contribution < -0.4 is 5.32 Å². The summed E-state index contributed by atoms with van der Waals surface area (Å²) in [5.41, 5.74) is 2.19. The van der Waals surface area contributed by atoms with Crippen LogP contribution in [0.5, 0.6) is 0 Å². The topological polar surface area (TPSA) is 56.2 Å². The lowest BCUT2D eigenvalue weighted by Crippen LogP contribution is -2.37. The molecule has 0 spiro atoms. The Morgan fingerprint density at radius 1 is 1.43 bits per heavy atom. The molecule has 130 valence electrons. The van der Waals surface area contributed by atoms with E-state index in [2.05, 4.69) is 35.6 Å². The molecule has 1 N–H and O–H groups in total. The number of thioether (sulfide) groups is 1. The van der Waals surface area contributed by atoms with Crippen LogP contribution in [0.4, 0.5) is 0 Å². The molecule has 0 aliphatic carbocycles. The van der Waals surface area contributed by atoms with Gasteiger partial charge in [-0.05, 0) is 39.5 Å². The number of hydrogen-bond donors (Lipinski definition) is 1. The minimum absolute atomic E-state index is 0.0678. The van der Waals surface area contributed by atoms with Crippen molar-refractivity contribution in [1.29, 1.82) is 0 Å². The van der Waals surface area contributed by atoms with Gasteiger partial charge in [0.05, 0.1) is 24.1 Å². The number of amides is 1. The van der Waals surface area contributed by atoms with E-state index < -0.39 is 0 Å². The fourth-order valence-corrected chi connectivity index (χ4v) is 3.45. The van der Waals surface area contributed by atoms with Crippen LogP contribution >= 0.6 is 11.8 Å². The summed E-state index contributed by atoms with van der Waals surface area (Å²) in [4.78, 5) is 16.7. The maximum absolute atomic E-state index is 12.1. The first-order chi connectivity index (χ1) is 10.9. The molecule has 6 heteroatoms. The molecular formula is C17H29N3O2S. The molecule has 0 bridgehead atoms. The lowest BCUT2D eigenvalue weighted by atomic mass is 10.1. The summed E-state index contributed by atoms with van der Waals surface area (Å²) in [5.74, 6) is 0.909. The highest BCUT2D eigenvalue weighted by Gasteiger charge is 2.21. The minimum Gasteiger partial charge on any atom is -0.376 e. The molecule has 1 aliphatic heterocycles. The number of aryl methyl sites for hydroxylation is 1. The van der Waals surface area contributed by atoms with Crippen LogP contribution in [0, 0.1) is 19.8 Å². The Hall–Kier alpha value is -1.01. The van der Waals surface area contributed by atoms with Crippen molar-refractivity contribution in [2.45, 2.75) is 71.3 Å². The van der Waals surface area contributed by atoms with Crippen LogP contribution in [0.2, 0.25) is 0 Å². The van der Waals surface area contributed by atoms with Crippen molar-refractivity contribution in [3.8, 4) is 0 Å². The third-order valence-electron chi connectivity index (χ3n) is 4.55. The van der Waals surface area contributed by atoms with Gasteiger partial charge in [-0.1, -0.05) is 25.6 Å². The molecule has 2 atom stereocenters. The summed E-state index contributed by atoms with van der Waals surface area (Å²) in [7, 11) is 0. The van der Waals surface area contributed by atoms with Gasteiger partial charge in [-0.2, -0.15) is 0 Å². The van der Waals surface area contributed by atoms with Gasteiger partial charge in [0, 0.05) is 18.3 Å². The van der Waals surface area contributed by atoms with Gasteiger partial charge in [0.1, 0.15) is 0 Å². The number of nitrogens with zero attached hydrogens (tertiary/aromatic N) is 2. The Balaban J connectivity index is 1.96. The van der Waals surface area contributed by atoms with Crippen molar-refractivity contribution in [3.63, 3.8) is 0 Å². The fraction of sp³-hybridized carbons (Fsp3) is 0.765. The maximum Gasteiger partial charge on any atom is 0.230 e. The molecule has 1 fully saturated rings. The summed E-state index contributed by atoms with van der Waals surface area (Å²) in [6, 6.07) is 0.193. The number of aromatic nitrogens is 2. The highest BCUT2D eigenvalue weighted by atomic mass is 32.2. The summed E-state index contributed by atoms with van der Waals surface area (Å²) in [6.45, 7) is 12.1. The smallest absolute Gasteiger partial charge is 0.230 e. The van der Waals surface area contributed by atoms with E-state index in [1.165, 1.54) is 17.5 Å². The number of carbonyl (C=O) groups is 1.